The summed E-state index contributed by atoms with van der Waals surface area (Å²) in [7, 11) is 3.17. The maximum absolute atomic E-state index is 5.94. The van der Waals surface area contributed by atoms with Crippen LogP contribution in [-0.4, -0.2) is 27.0 Å². The molecule has 2 aromatic rings. The van der Waals surface area contributed by atoms with Gasteiger partial charge in [0.05, 0.1) is 20.8 Å². The summed E-state index contributed by atoms with van der Waals surface area (Å²) in [6, 6.07) is 11.1. The lowest BCUT2D eigenvalue weighted by molar-refractivity contribution is 0.174. The molecule has 1 aliphatic rings. The first-order valence-electron chi connectivity index (χ1n) is 7.37. The van der Waals surface area contributed by atoms with Gasteiger partial charge < -0.3 is 30.0 Å². The van der Waals surface area contributed by atoms with Crippen LogP contribution in [0.5, 0.6) is 23.0 Å². The van der Waals surface area contributed by atoms with Gasteiger partial charge in [-0.1, -0.05) is 6.07 Å². The number of ether oxygens (including phenoxy) is 4. The van der Waals surface area contributed by atoms with E-state index in [1.165, 1.54) is 0 Å². The van der Waals surface area contributed by atoms with E-state index in [0.717, 1.165) is 22.7 Å². The molecule has 0 aliphatic carbocycles. The highest BCUT2D eigenvalue weighted by Crippen LogP contribution is 2.32. The molecule has 0 unspecified atom stereocenters. The molecule has 1 heterocycles. The van der Waals surface area contributed by atoms with Crippen LogP contribution in [0.1, 0.15) is 5.56 Å². The SMILES string of the molecule is COc1ccc(NC(N)=NCc2ccc3c(c2)OCO3)cc1OC. The topological polar surface area (TPSA) is 87.3 Å². The van der Waals surface area contributed by atoms with Gasteiger partial charge in [0.15, 0.2) is 29.0 Å². The first kappa shape index (κ1) is 15.8. The molecule has 7 nitrogen and oxygen atoms in total. The maximum Gasteiger partial charge on any atom is 0.231 e. The largest absolute Gasteiger partial charge is 0.493 e. The van der Waals surface area contributed by atoms with E-state index in [1.54, 1.807) is 26.4 Å². The molecule has 0 amide bonds. The number of guanidine groups is 1. The van der Waals surface area contributed by atoms with E-state index in [-0.39, 0.29) is 6.79 Å². The molecule has 1 aliphatic heterocycles. The summed E-state index contributed by atoms with van der Waals surface area (Å²) in [4.78, 5) is 4.33. The number of anilines is 1. The third-order valence-corrected chi connectivity index (χ3v) is 3.52. The Hall–Kier alpha value is -3.09. The number of aliphatic imine (C=N–C) groups is 1. The molecule has 3 N–H and O–H groups in total. The van der Waals surface area contributed by atoms with Gasteiger partial charge in [0.25, 0.3) is 0 Å². The standard InChI is InChI=1S/C17H19N3O4/c1-21-13-6-4-12(8-15(13)22-2)20-17(18)19-9-11-3-5-14-16(7-11)24-10-23-14/h3-8H,9-10H2,1-2H3,(H3,18,19,20). The zero-order chi connectivity index (χ0) is 16.9. The Labute approximate surface area is 140 Å². The number of rotatable bonds is 5. The van der Waals surface area contributed by atoms with Gasteiger partial charge in [0.2, 0.25) is 6.79 Å². The minimum atomic E-state index is 0.255. The number of nitrogens with one attached hydrogen (secondary N) is 1. The molecule has 0 fully saturated rings. The monoisotopic (exact) mass is 329 g/mol. The Balaban J connectivity index is 1.66. The summed E-state index contributed by atoms with van der Waals surface area (Å²) in [5.74, 6) is 3.05. The number of fused-ring (bicyclic) bond motifs is 1. The van der Waals surface area contributed by atoms with E-state index < -0.39 is 0 Å². The van der Waals surface area contributed by atoms with Gasteiger partial charge in [-0.3, -0.25) is 0 Å². The number of nitrogens with two attached hydrogens (primary N) is 1. The smallest absolute Gasteiger partial charge is 0.231 e. The lowest BCUT2D eigenvalue weighted by Gasteiger charge is -2.11. The van der Waals surface area contributed by atoms with Crippen molar-refractivity contribution < 1.29 is 18.9 Å². The molecule has 2 aromatic carbocycles. The third kappa shape index (κ3) is 3.45. The summed E-state index contributed by atoms with van der Waals surface area (Å²) < 4.78 is 21.1. The molecule has 7 heteroatoms. The van der Waals surface area contributed by atoms with Crippen LogP contribution >= 0.6 is 0 Å². The van der Waals surface area contributed by atoms with Gasteiger partial charge in [-0.05, 0) is 29.8 Å². The van der Waals surface area contributed by atoms with Crippen molar-refractivity contribution in [3.63, 3.8) is 0 Å². The summed E-state index contributed by atoms with van der Waals surface area (Å²) in [6.45, 7) is 0.688. The van der Waals surface area contributed by atoms with Crippen molar-refractivity contribution in [1.29, 1.82) is 0 Å². The zero-order valence-corrected chi connectivity index (χ0v) is 13.5. The highest BCUT2D eigenvalue weighted by Gasteiger charge is 2.12. The van der Waals surface area contributed by atoms with Gasteiger partial charge in [0, 0.05) is 11.8 Å². The average molecular weight is 329 g/mol. The summed E-state index contributed by atoms with van der Waals surface area (Å²) in [6.07, 6.45) is 0. The van der Waals surface area contributed by atoms with E-state index in [0.29, 0.717) is 24.0 Å². The Bertz CT molecular complexity index is 761. The van der Waals surface area contributed by atoms with Crippen molar-refractivity contribution in [2.75, 3.05) is 26.3 Å². The van der Waals surface area contributed by atoms with Gasteiger partial charge in [-0.25, -0.2) is 4.99 Å². The lowest BCUT2D eigenvalue weighted by Crippen LogP contribution is -2.22. The minimum absolute atomic E-state index is 0.255. The fraction of sp³-hybridized carbons (Fsp3) is 0.235. The van der Waals surface area contributed by atoms with E-state index in [1.807, 2.05) is 24.3 Å². The predicted octanol–water partition coefficient (Wildman–Crippen LogP) is 2.36. The first-order chi connectivity index (χ1) is 11.7. The summed E-state index contributed by atoms with van der Waals surface area (Å²) >= 11 is 0. The van der Waals surface area contributed by atoms with Gasteiger partial charge in [-0.15, -0.1) is 0 Å². The number of methoxy groups -OCH3 is 2. The van der Waals surface area contributed by atoms with Crippen LogP contribution in [0.4, 0.5) is 5.69 Å². The fourth-order valence-corrected chi connectivity index (χ4v) is 2.32. The van der Waals surface area contributed by atoms with Gasteiger partial charge in [0.1, 0.15) is 0 Å². The maximum atomic E-state index is 5.94. The molecule has 0 atom stereocenters. The molecule has 0 saturated carbocycles. The van der Waals surface area contributed by atoms with Crippen molar-refractivity contribution in [1.82, 2.24) is 0 Å². The Morgan fingerprint density at radius 2 is 1.88 bits per heavy atom. The normalized spacial score (nSPS) is 12.8. The molecule has 3 rings (SSSR count). The molecule has 0 aromatic heterocycles. The fourth-order valence-electron chi connectivity index (χ4n) is 2.32. The minimum Gasteiger partial charge on any atom is -0.493 e. The molecule has 126 valence electrons. The molecular formula is C17H19N3O4. The summed E-state index contributed by atoms with van der Waals surface area (Å²) in [5, 5.41) is 3.03. The van der Waals surface area contributed by atoms with Crippen LogP contribution in [0.15, 0.2) is 41.4 Å². The predicted molar refractivity (Wildman–Crippen MR) is 91.1 cm³/mol. The number of hydrogen-bond acceptors (Lipinski definition) is 5. The van der Waals surface area contributed by atoms with Crippen molar-refractivity contribution >= 4 is 11.6 Å². The lowest BCUT2D eigenvalue weighted by atomic mass is 10.2. The molecular weight excluding hydrogens is 310 g/mol. The molecule has 24 heavy (non-hydrogen) atoms. The Morgan fingerprint density at radius 3 is 2.67 bits per heavy atom. The van der Waals surface area contributed by atoms with Crippen LogP contribution < -0.4 is 30.0 Å². The van der Waals surface area contributed by atoms with Crippen LogP contribution in [0.3, 0.4) is 0 Å². The van der Waals surface area contributed by atoms with E-state index in [2.05, 4.69) is 10.3 Å². The zero-order valence-electron chi connectivity index (χ0n) is 13.5. The van der Waals surface area contributed by atoms with Crippen LogP contribution in [0.2, 0.25) is 0 Å². The van der Waals surface area contributed by atoms with Crippen LogP contribution in [-0.2, 0) is 6.54 Å². The average Bonchev–Trinajstić information content (AvgIpc) is 3.07. The quantitative estimate of drug-likeness (QED) is 0.647. The van der Waals surface area contributed by atoms with E-state index in [9.17, 15) is 0 Å². The molecule has 0 saturated heterocycles. The van der Waals surface area contributed by atoms with Crippen molar-refractivity contribution in [2.24, 2.45) is 10.7 Å². The number of hydrogen-bond donors (Lipinski definition) is 2. The molecule has 0 radical (unpaired) electrons. The third-order valence-electron chi connectivity index (χ3n) is 3.52. The number of benzene rings is 2. The van der Waals surface area contributed by atoms with E-state index in [4.69, 9.17) is 24.7 Å². The Kier molecular flexibility index (Phi) is 4.60. The highest BCUT2D eigenvalue weighted by atomic mass is 16.7. The Morgan fingerprint density at radius 1 is 1.08 bits per heavy atom. The second-order valence-corrected chi connectivity index (χ2v) is 5.08. The molecule has 0 spiro atoms. The van der Waals surface area contributed by atoms with Crippen molar-refractivity contribution in [3.8, 4) is 23.0 Å². The van der Waals surface area contributed by atoms with Gasteiger partial charge in [-0.2, -0.15) is 0 Å². The highest BCUT2D eigenvalue weighted by molar-refractivity contribution is 5.92. The van der Waals surface area contributed by atoms with Crippen LogP contribution in [0.25, 0.3) is 0 Å². The van der Waals surface area contributed by atoms with Crippen LogP contribution in [0, 0.1) is 0 Å². The number of nitrogens with zero attached hydrogens (tertiary/aromatic N) is 1. The van der Waals surface area contributed by atoms with E-state index >= 15 is 0 Å². The second kappa shape index (κ2) is 6.99. The second-order valence-electron chi connectivity index (χ2n) is 5.08. The molecule has 0 bridgehead atoms. The first-order valence-corrected chi connectivity index (χ1v) is 7.37. The summed E-state index contributed by atoms with van der Waals surface area (Å²) in [5.41, 5.74) is 7.69. The van der Waals surface area contributed by atoms with Gasteiger partial charge >= 0.3 is 0 Å². The van der Waals surface area contributed by atoms with Crippen molar-refractivity contribution in [3.05, 3.63) is 42.0 Å². The van der Waals surface area contributed by atoms with Crippen molar-refractivity contribution in [2.45, 2.75) is 6.54 Å².